The molecule has 0 aromatic heterocycles. The molecule has 5 nitrogen and oxygen atoms in total. The first-order valence-corrected chi connectivity index (χ1v) is 6.80. The zero-order valence-electron chi connectivity index (χ0n) is 12.1. The standard InChI is InChI=1S/C13H30N2O3.6CH4/c1-11(14)8-16-6-4-5-7-17-10-13(3)18-9-12(2)15;;;;;;/h11-13H,4-10,14-15H2,1-3H3;6*1H4. The van der Waals surface area contributed by atoms with E-state index in [1.165, 1.54) is 0 Å². The molecule has 0 spiro atoms. The van der Waals surface area contributed by atoms with Crippen molar-refractivity contribution in [2.45, 2.75) is 96.4 Å². The highest BCUT2D eigenvalue weighted by atomic mass is 16.5. The van der Waals surface area contributed by atoms with Crippen LogP contribution < -0.4 is 11.5 Å². The molecule has 0 fully saturated rings. The molecule has 5 heteroatoms. The van der Waals surface area contributed by atoms with Crippen LogP contribution in [-0.4, -0.2) is 51.2 Å². The second kappa shape index (κ2) is 30.7. The van der Waals surface area contributed by atoms with Crippen LogP contribution in [0.2, 0.25) is 0 Å². The topological polar surface area (TPSA) is 79.7 Å². The normalized spacial score (nSPS) is 12.4. The molecule has 0 saturated carbocycles. The summed E-state index contributed by atoms with van der Waals surface area (Å²) in [6, 6.07) is 0.193. The van der Waals surface area contributed by atoms with Crippen LogP contribution in [0.5, 0.6) is 0 Å². The van der Waals surface area contributed by atoms with Crippen LogP contribution in [0, 0.1) is 0 Å². The maximum Gasteiger partial charge on any atom is 0.0781 e. The van der Waals surface area contributed by atoms with Gasteiger partial charge in [0.2, 0.25) is 0 Å². The zero-order valence-corrected chi connectivity index (χ0v) is 12.1. The monoisotopic (exact) mass is 358 g/mol. The van der Waals surface area contributed by atoms with Crippen LogP contribution in [0.1, 0.15) is 78.2 Å². The summed E-state index contributed by atoms with van der Waals surface area (Å²) in [5, 5.41) is 0. The lowest BCUT2D eigenvalue weighted by atomic mass is 10.3. The van der Waals surface area contributed by atoms with Crippen LogP contribution >= 0.6 is 0 Å². The average Bonchev–Trinajstić information content (AvgIpc) is 2.29. The van der Waals surface area contributed by atoms with Crippen molar-refractivity contribution in [2.75, 3.05) is 33.0 Å². The minimum absolute atomic E-state index is 0. The smallest absolute Gasteiger partial charge is 0.0781 e. The average molecular weight is 359 g/mol. The first-order valence-electron chi connectivity index (χ1n) is 6.80. The van der Waals surface area contributed by atoms with Gasteiger partial charge in [0.05, 0.1) is 25.9 Å². The maximum atomic E-state index is 5.60. The Bertz CT molecular complexity index is 180. The van der Waals surface area contributed by atoms with Gasteiger partial charge in [0.1, 0.15) is 0 Å². The summed E-state index contributed by atoms with van der Waals surface area (Å²) < 4.78 is 16.4. The van der Waals surface area contributed by atoms with Gasteiger partial charge in [-0.1, -0.05) is 44.6 Å². The van der Waals surface area contributed by atoms with Gasteiger partial charge in [0, 0.05) is 25.3 Å². The zero-order chi connectivity index (χ0) is 13.8. The van der Waals surface area contributed by atoms with Gasteiger partial charge >= 0.3 is 0 Å². The van der Waals surface area contributed by atoms with Gasteiger partial charge in [-0.2, -0.15) is 0 Å². The fourth-order valence-electron chi connectivity index (χ4n) is 1.29. The van der Waals surface area contributed by atoms with Crippen LogP contribution in [-0.2, 0) is 14.2 Å². The van der Waals surface area contributed by atoms with E-state index in [9.17, 15) is 0 Å². The molecule has 0 bridgehead atoms. The molecule has 0 saturated heterocycles. The van der Waals surface area contributed by atoms with Gasteiger partial charge in [-0.25, -0.2) is 0 Å². The molecule has 0 rings (SSSR count). The highest BCUT2D eigenvalue weighted by molar-refractivity contribution is 4.54. The van der Waals surface area contributed by atoms with Crippen molar-refractivity contribution in [3.8, 4) is 0 Å². The molecule has 3 atom stereocenters. The first-order chi connectivity index (χ1) is 8.52. The lowest BCUT2D eigenvalue weighted by Crippen LogP contribution is -2.27. The minimum Gasteiger partial charge on any atom is -0.380 e. The molecule has 0 aliphatic heterocycles. The van der Waals surface area contributed by atoms with Crippen molar-refractivity contribution in [3.05, 3.63) is 0 Å². The second-order valence-corrected chi connectivity index (χ2v) is 4.96. The molecule has 0 aromatic rings. The van der Waals surface area contributed by atoms with Gasteiger partial charge in [-0.3, -0.25) is 0 Å². The first kappa shape index (κ1) is 43.8. The van der Waals surface area contributed by atoms with E-state index in [1.54, 1.807) is 0 Å². The minimum atomic E-state index is 0. The lowest BCUT2D eigenvalue weighted by Gasteiger charge is -2.15. The molecule has 158 valence electrons. The summed E-state index contributed by atoms with van der Waals surface area (Å²) in [6.45, 7) is 9.18. The van der Waals surface area contributed by atoms with Crippen LogP contribution in [0.4, 0.5) is 0 Å². The predicted octanol–water partition coefficient (Wildman–Crippen LogP) is 4.72. The highest BCUT2D eigenvalue weighted by Crippen LogP contribution is 1.96. The van der Waals surface area contributed by atoms with Crippen molar-refractivity contribution < 1.29 is 14.2 Å². The number of ether oxygens (including phenoxy) is 3. The van der Waals surface area contributed by atoms with Gasteiger partial charge in [0.15, 0.2) is 0 Å². The largest absolute Gasteiger partial charge is 0.380 e. The molecule has 4 N–H and O–H groups in total. The fourth-order valence-corrected chi connectivity index (χ4v) is 1.29. The third-order valence-electron chi connectivity index (χ3n) is 2.20. The van der Waals surface area contributed by atoms with Gasteiger partial charge in [-0.05, 0) is 33.6 Å². The van der Waals surface area contributed by atoms with Crippen LogP contribution in [0.25, 0.3) is 0 Å². The highest BCUT2D eigenvalue weighted by Gasteiger charge is 2.03. The lowest BCUT2D eigenvalue weighted by molar-refractivity contribution is -0.0118. The summed E-state index contributed by atoms with van der Waals surface area (Å²) in [5.41, 5.74) is 11.2. The summed E-state index contributed by atoms with van der Waals surface area (Å²) in [7, 11) is 0. The van der Waals surface area contributed by atoms with Gasteiger partial charge in [0.25, 0.3) is 0 Å². The molecule has 0 aromatic carbocycles. The van der Waals surface area contributed by atoms with Crippen molar-refractivity contribution in [1.29, 1.82) is 0 Å². The van der Waals surface area contributed by atoms with E-state index in [0.29, 0.717) is 19.8 Å². The Kier molecular flexibility index (Phi) is 56.0. The SMILES string of the molecule is C.C.C.C.C.C.CC(N)COCCCCOCC(C)OCC(C)N. The van der Waals surface area contributed by atoms with E-state index < -0.39 is 0 Å². The Hall–Kier alpha value is -0.200. The van der Waals surface area contributed by atoms with E-state index >= 15 is 0 Å². The van der Waals surface area contributed by atoms with Crippen molar-refractivity contribution in [2.24, 2.45) is 11.5 Å². The van der Waals surface area contributed by atoms with Crippen molar-refractivity contribution in [3.63, 3.8) is 0 Å². The Balaban J connectivity index is -0.0000000963. The van der Waals surface area contributed by atoms with E-state index in [2.05, 4.69) is 0 Å². The Morgan fingerprint density at radius 2 is 1.00 bits per heavy atom. The summed E-state index contributed by atoms with van der Waals surface area (Å²) in [5.74, 6) is 0. The van der Waals surface area contributed by atoms with Crippen molar-refractivity contribution in [1.82, 2.24) is 0 Å². The molecule has 0 aliphatic rings. The predicted molar refractivity (Wildman–Crippen MR) is 114 cm³/mol. The molecular formula is C19H54N2O3. The molecule has 0 radical (unpaired) electrons. The van der Waals surface area contributed by atoms with E-state index in [-0.39, 0.29) is 62.7 Å². The number of nitrogens with two attached hydrogens (primary N) is 2. The maximum absolute atomic E-state index is 5.60. The summed E-state index contributed by atoms with van der Waals surface area (Å²) in [4.78, 5) is 0. The Morgan fingerprint density at radius 1 is 0.625 bits per heavy atom. The van der Waals surface area contributed by atoms with E-state index in [1.807, 2.05) is 20.8 Å². The van der Waals surface area contributed by atoms with E-state index in [4.69, 9.17) is 25.7 Å². The fraction of sp³-hybridized carbons (Fsp3) is 1.00. The number of hydrogen-bond acceptors (Lipinski definition) is 5. The van der Waals surface area contributed by atoms with Crippen LogP contribution in [0.15, 0.2) is 0 Å². The number of hydrogen-bond donors (Lipinski definition) is 2. The number of rotatable bonds is 12. The van der Waals surface area contributed by atoms with Crippen LogP contribution in [0.3, 0.4) is 0 Å². The third-order valence-corrected chi connectivity index (χ3v) is 2.20. The molecule has 0 amide bonds. The summed E-state index contributed by atoms with van der Waals surface area (Å²) >= 11 is 0. The molecule has 0 heterocycles. The quantitative estimate of drug-likeness (QED) is 0.494. The molecular weight excluding hydrogens is 304 g/mol. The van der Waals surface area contributed by atoms with E-state index in [0.717, 1.165) is 26.1 Å². The Morgan fingerprint density at radius 3 is 1.38 bits per heavy atom. The molecule has 3 unspecified atom stereocenters. The Labute approximate surface area is 155 Å². The molecule has 24 heavy (non-hydrogen) atoms. The van der Waals surface area contributed by atoms with Gasteiger partial charge in [-0.15, -0.1) is 0 Å². The van der Waals surface area contributed by atoms with Crippen molar-refractivity contribution >= 4 is 0 Å². The second-order valence-electron chi connectivity index (χ2n) is 4.96. The number of unbranched alkanes of at least 4 members (excludes halogenated alkanes) is 1. The summed E-state index contributed by atoms with van der Waals surface area (Å²) in [6.07, 6.45) is 2.10. The molecule has 0 aliphatic carbocycles. The third kappa shape index (κ3) is 37.8. The van der Waals surface area contributed by atoms with Gasteiger partial charge < -0.3 is 25.7 Å².